The van der Waals surface area contributed by atoms with E-state index < -0.39 is 5.91 Å². The standard InChI is InChI=1S/C25H19FI2N2O2/c1-16(19-7-3-2-4-8-19)30-25(31)20(14-29)10-18-12-22(27)24(23(28)13-18)32-15-17-6-5-9-21(26)11-17/h2-13,16H,15H2,1H3,(H,30,31)/b20-10-/t16-/m0/s1. The normalized spacial score (nSPS) is 12.0. The molecule has 0 fully saturated rings. The Kier molecular flexibility index (Phi) is 8.64. The maximum atomic E-state index is 13.4. The zero-order valence-corrected chi connectivity index (χ0v) is 21.4. The summed E-state index contributed by atoms with van der Waals surface area (Å²) < 4.78 is 20.9. The Hall–Kier alpha value is -2.45. The highest BCUT2D eigenvalue weighted by Crippen LogP contribution is 2.30. The van der Waals surface area contributed by atoms with Gasteiger partial charge in [-0.25, -0.2) is 4.39 Å². The fraction of sp³-hybridized carbons (Fsp3) is 0.120. The first-order valence-electron chi connectivity index (χ1n) is 9.71. The van der Waals surface area contributed by atoms with Gasteiger partial charge in [0, 0.05) is 0 Å². The molecule has 3 aromatic rings. The minimum Gasteiger partial charge on any atom is -0.487 e. The number of rotatable bonds is 7. The highest BCUT2D eigenvalue weighted by molar-refractivity contribution is 14.1. The van der Waals surface area contributed by atoms with E-state index in [-0.39, 0.29) is 24.0 Å². The first-order chi connectivity index (χ1) is 15.4. The highest BCUT2D eigenvalue weighted by atomic mass is 127. The van der Waals surface area contributed by atoms with E-state index in [1.807, 2.05) is 55.5 Å². The Morgan fingerprint density at radius 2 is 1.81 bits per heavy atom. The largest absolute Gasteiger partial charge is 0.487 e. The molecular weight excluding hydrogens is 633 g/mol. The second kappa shape index (κ2) is 11.4. The molecule has 0 aliphatic rings. The molecule has 1 amide bonds. The summed E-state index contributed by atoms with van der Waals surface area (Å²) in [5.74, 6) is -0.0616. The predicted molar refractivity (Wildman–Crippen MR) is 139 cm³/mol. The van der Waals surface area contributed by atoms with E-state index >= 15 is 0 Å². The van der Waals surface area contributed by atoms with Crippen LogP contribution >= 0.6 is 45.2 Å². The van der Waals surface area contributed by atoms with E-state index in [9.17, 15) is 14.4 Å². The lowest BCUT2D eigenvalue weighted by Gasteiger charge is -2.14. The number of benzene rings is 3. The highest BCUT2D eigenvalue weighted by Gasteiger charge is 2.15. The van der Waals surface area contributed by atoms with Crippen molar-refractivity contribution >= 4 is 57.2 Å². The van der Waals surface area contributed by atoms with Crippen LogP contribution in [0.2, 0.25) is 0 Å². The molecule has 0 bridgehead atoms. The molecule has 0 aliphatic carbocycles. The molecule has 0 saturated heterocycles. The van der Waals surface area contributed by atoms with Crippen molar-refractivity contribution in [3.05, 3.63) is 102 Å². The van der Waals surface area contributed by atoms with Gasteiger partial charge in [0.05, 0.1) is 13.2 Å². The summed E-state index contributed by atoms with van der Waals surface area (Å²) in [6.07, 6.45) is 1.56. The van der Waals surface area contributed by atoms with Gasteiger partial charge in [-0.15, -0.1) is 0 Å². The summed E-state index contributed by atoms with van der Waals surface area (Å²) in [7, 11) is 0. The number of nitrogens with zero attached hydrogens (tertiary/aromatic N) is 1. The first kappa shape index (κ1) is 24.2. The molecule has 1 N–H and O–H groups in total. The molecular formula is C25H19FI2N2O2. The zero-order chi connectivity index (χ0) is 23.1. The van der Waals surface area contributed by atoms with Gasteiger partial charge in [-0.1, -0.05) is 42.5 Å². The number of carbonyl (C=O) groups excluding carboxylic acids is 1. The van der Waals surface area contributed by atoms with Crippen molar-refractivity contribution in [1.29, 1.82) is 5.26 Å². The molecule has 3 rings (SSSR count). The number of nitrogens with one attached hydrogen (secondary N) is 1. The average Bonchev–Trinajstić information content (AvgIpc) is 2.77. The Morgan fingerprint density at radius 3 is 2.44 bits per heavy atom. The van der Waals surface area contributed by atoms with Crippen LogP contribution in [0.15, 0.2) is 72.3 Å². The van der Waals surface area contributed by atoms with E-state index in [1.54, 1.807) is 18.2 Å². The van der Waals surface area contributed by atoms with Crippen molar-refractivity contribution < 1.29 is 13.9 Å². The number of carbonyl (C=O) groups is 1. The van der Waals surface area contributed by atoms with E-state index in [0.717, 1.165) is 23.8 Å². The van der Waals surface area contributed by atoms with Crippen molar-refractivity contribution in [2.45, 2.75) is 19.6 Å². The Balaban J connectivity index is 1.74. The fourth-order valence-electron chi connectivity index (χ4n) is 3.00. The Morgan fingerprint density at radius 1 is 1.12 bits per heavy atom. The van der Waals surface area contributed by atoms with Gasteiger partial charge in [0.2, 0.25) is 0 Å². The number of nitriles is 1. The number of amides is 1. The summed E-state index contributed by atoms with van der Waals surface area (Å²) in [6.45, 7) is 2.11. The molecule has 0 heterocycles. The smallest absolute Gasteiger partial charge is 0.262 e. The third-order valence-corrected chi connectivity index (χ3v) is 6.22. The minimum absolute atomic E-state index is 0.0211. The second-order valence-electron chi connectivity index (χ2n) is 7.01. The van der Waals surface area contributed by atoms with Crippen LogP contribution < -0.4 is 10.1 Å². The summed E-state index contributed by atoms with van der Waals surface area (Å²) in [6, 6.07) is 21.3. The molecule has 0 aliphatic heterocycles. The molecule has 162 valence electrons. The molecule has 4 nitrogen and oxygen atoms in total. The zero-order valence-electron chi connectivity index (χ0n) is 17.1. The molecule has 1 atom stereocenters. The molecule has 32 heavy (non-hydrogen) atoms. The maximum Gasteiger partial charge on any atom is 0.262 e. The lowest BCUT2D eigenvalue weighted by molar-refractivity contribution is -0.117. The van der Waals surface area contributed by atoms with Crippen LogP contribution in [0.5, 0.6) is 5.75 Å². The van der Waals surface area contributed by atoms with E-state index in [2.05, 4.69) is 50.5 Å². The van der Waals surface area contributed by atoms with Crippen LogP contribution in [0.1, 0.15) is 29.7 Å². The fourth-order valence-corrected chi connectivity index (χ4v) is 5.13. The van der Waals surface area contributed by atoms with E-state index in [1.165, 1.54) is 12.1 Å². The van der Waals surface area contributed by atoms with Crippen LogP contribution in [0, 0.1) is 24.3 Å². The number of hydrogen-bond donors (Lipinski definition) is 1. The molecule has 0 saturated carbocycles. The van der Waals surface area contributed by atoms with Crippen LogP contribution in [-0.4, -0.2) is 5.91 Å². The Labute approximate surface area is 213 Å². The van der Waals surface area contributed by atoms with E-state index in [4.69, 9.17) is 4.74 Å². The van der Waals surface area contributed by atoms with Crippen LogP contribution in [0.3, 0.4) is 0 Å². The van der Waals surface area contributed by atoms with Gasteiger partial charge >= 0.3 is 0 Å². The molecule has 0 radical (unpaired) electrons. The summed E-state index contributed by atoms with van der Waals surface area (Å²) >= 11 is 4.30. The number of hydrogen-bond acceptors (Lipinski definition) is 3. The predicted octanol–water partition coefficient (Wildman–Crippen LogP) is 6.40. The van der Waals surface area contributed by atoms with Gasteiger partial charge in [0.15, 0.2) is 0 Å². The van der Waals surface area contributed by atoms with Crippen molar-refractivity contribution in [1.82, 2.24) is 5.32 Å². The van der Waals surface area contributed by atoms with Crippen molar-refractivity contribution in [3.8, 4) is 11.8 Å². The Bertz CT molecular complexity index is 1170. The lowest BCUT2D eigenvalue weighted by atomic mass is 10.1. The molecule has 0 unspecified atom stereocenters. The molecule has 3 aromatic carbocycles. The quantitative estimate of drug-likeness (QED) is 0.183. The first-order valence-corrected chi connectivity index (χ1v) is 11.9. The summed E-state index contributed by atoms with van der Waals surface area (Å²) in [5, 5.41) is 12.4. The lowest BCUT2D eigenvalue weighted by Crippen LogP contribution is -2.27. The molecule has 0 spiro atoms. The van der Waals surface area contributed by atoms with Crippen LogP contribution in [0.4, 0.5) is 4.39 Å². The van der Waals surface area contributed by atoms with E-state index in [0.29, 0.717) is 5.75 Å². The van der Waals surface area contributed by atoms with Crippen molar-refractivity contribution in [3.63, 3.8) is 0 Å². The van der Waals surface area contributed by atoms with Gasteiger partial charge in [-0.3, -0.25) is 4.79 Å². The van der Waals surface area contributed by atoms with Gasteiger partial charge in [0.25, 0.3) is 5.91 Å². The minimum atomic E-state index is -0.430. The SMILES string of the molecule is C[C@H](NC(=O)/C(C#N)=C\c1cc(I)c(OCc2cccc(F)c2)c(I)c1)c1ccccc1. The monoisotopic (exact) mass is 652 g/mol. The topological polar surface area (TPSA) is 62.1 Å². The summed E-state index contributed by atoms with van der Waals surface area (Å²) in [4.78, 5) is 12.6. The van der Waals surface area contributed by atoms with Gasteiger partial charge in [-0.05, 0) is 99.1 Å². The molecule has 0 aromatic heterocycles. The van der Waals surface area contributed by atoms with Crippen molar-refractivity contribution in [2.24, 2.45) is 0 Å². The van der Waals surface area contributed by atoms with Gasteiger partial charge in [-0.2, -0.15) is 5.26 Å². The van der Waals surface area contributed by atoms with Gasteiger partial charge in [0.1, 0.15) is 29.8 Å². The number of halogens is 3. The maximum absolute atomic E-state index is 13.4. The molecule has 7 heteroatoms. The van der Waals surface area contributed by atoms with Crippen LogP contribution in [0.25, 0.3) is 6.08 Å². The summed E-state index contributed by atoms with van der Waals surface area (Å²) in [5.41, 5.74) is 2.43. The third-order valence-electron chi connectivity index (χ3n) is 4.62. The number of ether oxygens (including phenoxy) is 1. The van der Waals surface area contributed by atoms with Crippen LogP contribution in [-0.2, 0) is 11.4 Å². The van der Waals surface area contributed by atoms with Gasteiger partial charge < -0.3 is 10.1 Å². The van der Waals surface area contributed by atoms with Crippen molar-refractivity contribution in [2.75, 3.05) is 0 Å². The second-order valence-corrected chi connectivity index (χ2v) is 9.33. The third kappa shape index (κ3) is 6.53. The average molecular weight is 652 g/mol.